The molecule has 2 unspecified atom stereocenters. The predicted octanol–water partition coefficient (Wildman–Crippen LogP) is 5.74. The number of nitrogens with zero attached hydrogens (tertiary/aromatic N) is 2. The van der Waals surface area contributed by atoms with E-state index in [1.54, 1.807) is 12.1 Å². The highest BCUT2D eigenvalue weighted by atomic mass is 16.6. The molecule has 1 amide bonds. The maximum absolute atomic E-state index is 13.8. The van der Waals surface area contributed by atoms with Gasteiger partial charge in [-0.1, -0.05) is 46.2 Å². The summed E-state index contributed by atoms with van der Waals surface area (Å²) < 4.78 is 0. The molecule has 0 radical (unpaired) electrons. The van der Waals surface area contributed by atoms with Crippen molar-refractivity contribution in [2.75, 3.05) is 10.7 Å². The summed E-state index contributed by atoms with van der Waals surface area (Å²) in [6.45, 7) is 8.09. The second kappa shape index (κ2) is 8.91. The van der Waals surface area contributed by atoms with E-state index in [0.717, 1.165) is 19.3 Å². The molecule has 2 aliphatic rings. The number of amides is 1. The molecule has 2 atom stereocenters. The molecule has 2 aromatic rings. The molecule has 0 heterocycles. The third-order valence-corrected chi connectivity index (χ3v) is 8.37. The molecule has 184 valence electrons. The van der Waals surface area contributed by atoms with E-state index >= 15 is 0 Å². The lowest BCUT2D eigenvalue weighted by Gasteiger charge is -2.37. The first-order valence-electron chi connectivity index (χ1n) is 12.1. The predicted molar refractivity (Wildman–Crippen MR) is 136 cm³/mol. The van der Waals surface area contributed by atoms with Crippen molar-refractivity contribution in [3.63, 3.8) is 0 Å². The fourth-order valence-corrected chi connectivity index (χ4v) is 5.62. The number of aryl methyl sites for hydroxylation is 1. The third-order valence-electron chi connectivity index (χ3n) is 8.37. The Hall–Kier alpha value is -3.55. The first-order chi connectivity index (χ1) is 16.6. The third kappa shape index (κ3) is 3.81. The molecule has 0 saturated heterocycles. The Bertz CT molecular complexity index is 1190. The van der Waals surface area contributed by atoms with Gasteiger partial charge in [-0.2, -0.15) is 5.10 Å². The molecule has 35 heavy (non-hydrogen) atoms. The number of hydrogen-bond acceptors (Lipinski definition) is 6. The van der Waals surface area contributed by atoms with Crippen molar-refractivity contribution in [1.82, 2.24) is 0 Å². The summed E-state index contributed by atoms with van der Waals surface area (Å²) in [6.07, 6.45) is 4.37. The number of hydrazone groups is 1. The average Bonchev–Trinajstić information content (AvgIpc) is 3.12. The van der Waals surface area contributed by atoms with Crippen molar-refractivity contribution in [3.8, 4) is 0 Å². The lowest BCUT2D eigenvalue weighted by molar-refractivity contribution is -0.384. The van der Waals surface area contributed by atoms with E-state index in [2.05, 4.69) is 22.8 Å². The van der Waals surface area contributed by atoms with Crippen LogP contribution in [0.25, 0.3) is 0 Å². The number of nitro groups is 1. The lowest BCUT2D eigenvalue weighted by atomic mass is 9.64. The molecule has 8 nitrogen and oxygen atoms in total. The number of carbonyl (C=O) groups excluding carboxylic acids is 2. The van der Waals surface area contributed by atoms with Crippen molar-refractivity contribution in [2.24, 2.45) is 21.3 Å². The smallest absolute Gasteiger partial charge is 0.269 e. The molecule has 4 rings (SSSR count). The van der Waals surface area contributed by atoms with Crippen LogP contribution in [0, 0.1) is 26.4 Å². The Morgan fingerprint density at radius 3 is 2.26 bits per heavy atom. The first kappa shape index (κ1) is 24.6. The number of hydrogen-bond donors (Lipinski definition) is 2. The summed E-state index contributed by atoms with van der Waals surface area (Å²) in [7, 11) is 0. The van der Waals surface area contributed by atoms with Gasteiger partial charge < -0.3 is 5.32 Å². The van der Waals surface area contributed by atoms with Gasteiger partial charge in [-0.15, -0.1) is 0 Å². The van der Waals surface area contributed by atoms with Gasteiger partial charge in [0, 0.05) is 23.2 Å². The Balaban J connectivity index is 1.58. The van der Waals surface area contributed by atoms with Crippen LogP contribution >= 0.6 is 0 Å². The van der Waals surface area contributed by atoms with Crippen LogP contribution in [0.3, 0.4) is 0 Å². The van der Waals surface area contributed by atoms with Crippen LogP contribution in [0.2, 0.25) is 0 Å². The van der Waals surface area contributed by atoms with Crippen molar-refractivity contribution >= 4 is 34.5 Å². The van der Waals surface area contributed by atoms with Gasteiger partial charge in [0.25, 0.3) is 5.69 Å². The summed E-state index contributed by atoms with van der Waals surface area (Å²) in [5.74, 6) is -0.555. The number of carbonyl (C=O) groups is 2. The summed E-state index contributed by atoms with van der Waals surface area (Å²) >= 11 is 0. The van der Waals surface area contributed by atoms with Crippen molar-refractivity contribution in [3.05, 3.63) is 64.2 Å². The maximum Gasteiger partial charge on any atom is 0.269 e. The topological polar surface area (TPSA) is 114 Å². The number of nitro benzene ring substituents is 1. The molecule has 0 aromatic heterocycles. The van der Waals surface area contributed by atoms with Gasteiger partial charge in [-0.25, -0.2) is 0 Å². The second-order valence-electron chi connectivity index (χ2n) is 10.3. The van der Waals surface area contributed by atoms with E-state index in [9.17, 15) is 19.7 Å². The molecule has 2 fully saturated rings. The van der Waals surface area contributed by atoms with Gasteiger partial charge in [0.15, 0.2) is 5.78 Å². The highest BCUT2D eigenvalue weighted by Crippen LogP contribution is 2.69. The number of ketones is 1. The zero-order valence-electron chi connectivity index (χ0n) is 20.7. The number of unbranched alkanes of at least 4 members (excludes halogenated alkanes) is 1. The molecule has 2 aromatic carbocycles. The number of Topliss-reactive ketones (excluding diaryl/α,β-unsaturated/α-hetero) is 1. The van der Waals surface area contributed by atoms with Crippen LogP contribution in [0.5, 0.6) is 0 Å². The number of anilines is 2. The van der Waals surface area contributed by atoms with Crippen molar-refractivity contribution < 1.29 is 14.5 Å². The summed E-state index contributed by atoms with van der Waals surface area (Å²) in [5, 5.41) is 18.3. The summed E-state index contributed by atoms with van der Waals surface area (Å²) in [6, 6.07) is 13.7. The van der Waals surface area contributed by atoms with Gasteiger partial charge in [0.1, 0.15) is 11.1 Å². The van der Waals surface area contributed by atoms with Crippen molar-refractivity contribution in [2.45, 2.75) is 59.8 Å². The zero-order chi connectivity index (χ0) is 25.4. The van der Waals surface area contributed by atoms with E-state index in [-0.39, 0.29) is 17.4 Å². The summed E-state index contributed by atoms with van der Waals surface area (Å²) in [5.41, 5.74) is 3.19. The highest BCUT2D eigenvalue weighted by Gasteiger charge is 2.76. The fourth-order valence-electron chi connectivity index (χ4n) is 5.62. The van der Waals surface area contributed by atoms with Gasteiger partial charge in [0.05, 0.1) is 10.6 Å². The molecular weight excluding hydrogens is 444 g/mol. The van der Waals surface area contributed by atoms with Gasteiger partial charge >= 0.3 is 0 Å². The second-order valence-corrected chi connectivity index (χ2v) is 10.3. The molecule has 2 saturated carbocycles. The number of benzene rings is 2. The quantitative estimate of drug-likeness (QED) is 0.286. The summed E-state index contributed by atoms with van der Waals surface area (Å²) in [4.78, 5) is 37.8. The minimum atomic E-state index is -1.21. The Kier molecular flexibility index (Phi) is 6.25. The number of non-ortho nitro benzene ring substituents is 1. The SMILES string of the molecule is CCCCc1ccc(NC(=O)C23CCC(C)(C(=NNc4ccc([N+](=O)[O-])cc4)C2=O)C3(C)C)cc1. The minimum absolute atomic E-state index is 0.0266. The fraction of sp³-hybridized carbons (Fsp3) is 0.444. The van der Waals surface area contributed by atoms with Crippen LogP contribution in [0.15, 0.2) is 53.6 Å². The zero-order valence-corrected chi connectivity index (χ0v) is 20.7. The normalized spacial score (nSPS) is 25.6. The minimum Gasteiger partial charge on any atom is -0.325 e. The van der Waals surface area contributed by atoms with E-state index < -0.39 is 21.2 Å². The van der Waals surface area contributed by atoms with Crippen molar-refractivity contribution in [1.29, 1.82) is 0 Å². The average molecular weight is 477 g/mol. The standard InChI is InChI=1S/C27H32N4O4/c1-5-6-7-18-8-10-19(11-9-18)28-24(33)27-17-16-26(4,25(27,2)3)22(23(27)32)30-29-20-12-14-21(15-13-20)31(34)35/h8-15,29H,5-7,16-17H2,1-4H3,(H,28,33). The number of fused-ring (bicyclic) bond motifs is 2. The Labute approximate surface area is 205 Å². The van der Waals surface area contributed by atoms with E-state index in [0.29, 0.717) is 29.9 Å². The molecule has 8 heteroatoms. The molecular formula is C27H32N4O4. The van der Waals surface area contributed by atoms with Crippen LogP contribution in [-0.4, -0.2) is 22.3 Å². The highest BCUT2D eigenvalue weighted by molar-refractivity contribution is 6.51. The molecule has 2 N–H and O–H groups in total. The monoisotopic (exact) mass is 476 g/mol. The van der Waals surface area contributed by atoms with Gasteiger partial charge in [-0.3, -0.25) is 25.1 Å². The maximum atomic E-state index is 13.8. The van der Waals surface area contributed by atoms with E-state index in [1.807, 2.05) is 45.0 Å². The number of rotatable bonds is 8. The largest absolute Gasteiger partial charge is 0.325 e. The van der Waals surface area contributed by atoms with Gasteiger partial charge in [0.2, 0.25) is 5.91 Å². The van der Waals surface area contributed by atoms with Gasteiger partial charge in [-0.05, 0) is 60.9 Å². The Morgan fingerprint density at radius 1 is 1.03 bits per heavy atom. The van der Waals surface area contributed by atoms with Crippen LogP contribution in [0.4, 0.5) is 17.1 Å². The lowest BCUT2D eigenvalue weighted by Crippen LogP contribution is -2.47. The van der Waals surface area contributed by atoms with Crippen LogP contribution < -0.4 is 10.7 Å². The Morgan fingerprint density at radius 2 is 1.66 bits per heavy atom. The van der Waals surface area contributed by atoms with Crippen LogP contribution in [-0.2, 0) is 16.0 Å². The first-order valence-corrected chi connectivity index (χ1v) is 12.1. The van der Waals surface area contributed by atoms with E-state index in [1.165, 1.54) is 17.7 Å². The van der Waals surface area contributed by atoms with E-state index in [4.69, 9.17) is 0 Å². The molecule has 2 bridgehead atoms. The van der Waals surface area contributed by atoms with Crippen LogP contribution in [0.1, 0.15) is 58.9 Å². The molecule has 2 aliphatic carbocycles. The number of nitrogens with one attached hydrogen (secondary N) is 2. The molecule has 0 aliphatic heterocycles. The molecule has 0 spiro atoms.